The average molecular weight is 184 g/mol. The minimum Gasteiger partial charge on any atom is -0.385 e. The third-order valence-electron chi connectivity index (χ3n) is 2.12. The van der Waals surface area contributed by atoms with Crippen LogP contribution < -0.4 is 11.2 Å². The minimum atomic E-state index is 0.173. The fraction of sp³-hybridized carbons (Fsp3) is 0.556. The highest BCUT2D eigenvalue weighted by molar-refractivity contribution is 7.27. The Hall–Kier alpha value is -0.490. The van der Waals surface area contributed by atoms with Crippen molar-refractivity contribution in [1.82, 2.24) is 4.57 Å². The van der Waals surface area contributed by atoms with Crippen LogP contribution in [-0.2, 0) is 12.5 Å². The molecule has 0 fully saturated rings. The van der Waals surface area contributed by atoms with E-state index in [0.29, 0.717) is 0 Å². The van der Waals surface area contributed by atoms with Crippen LogP contribution in [0.1, 0.15) is 26.3 Å². The summed E-state index contributed by atoms with van der Waals surface area (Å²) in [6.07, 6.45) is 0. The molecular weight excluding hydrogens is 167 g/mol. The number of anilines is 1. The van der Waals surface area contributed by atoms with E-state index in [1.54, 1.807) is 0 Å². The van der Waals surface area contributed by atoms with Gasteiger partial charge in [-0.3, -0.25) is 0 Å². The molecule has 68 valence electrons. The Bertz CT molecular complexity index is 294. The molecule has 0 aliphatic carbocycles. The van der Waals surface area contributed by atoms with E-state index in [4.69, 9.17) is 5.73 Å². The van der Waals surface area contributed by atoms with E-state index in [2.05, 4.69) is 30.0 Å². The number of hydrogen-bond donors (Lipinski definition) is 1. The molecule has 1 unspecified atom stereocenters. The quantitative estimate of drug-likeness (QED) is 0.607. The van der Waals surface area contributed by atoms with Crippen molar-refractivity contribution in [2.45, 2.75) is 26.2 Å². The lowest BCUT2D eigenvalue weighted by atomic mass is 9.89. The normalized spacial score (nSPS) is 12.1. The zero-order valence-corrected chi connectivity index (χ0v) is 9.33. The molecule has 0 bridgehead atoms. The summed E-state index contributed by atoms with van der Waals surface area (Å²) in [7, 11) is 4.71. The molecule has 1 aromatic rings. The summed E-state index contributed by atoms with van der Waals surface area (Å²) in [5.41, 5.74) is 8.44. The Labute approximate surface area is 76.3 Å². The van der Waals surface area contributed by atoms with E-state index in [9.17, 15) is 0 Å². The molecule has 0 saturated heterocycles. The third-order valence-corrected chi connectivity index (χ3v) is 2.82. The summed E-state index contributed by atoms with van der Waals surface area (Å²) in [6, 6.07) is 2.04. The maximum atomic E-state index is 5.79. The van der Waals surface area contributed by atoms with Crippen molar-refractivity contribution in [2.24, 2.45) is 7.05 Å². The molecule has 12 heavy (non-hydrogen) atoms. The van der Waals surface area contributed by atoms with Gasteiger partial charge in [-0.15, -0.1) is 0 Å². The molecule has 1 atom stereocenters. The fourth-order valence-corrected chi connectivity index (χ4v) is 1.90. The molecule has 2 N–H and O–H groups in total. The van der Waals surface area contributed by atoms with E-state index in [1.165, 1.54) is 11.0 Å². The molecule has 0 aliphatic heterocycles. The van der Waals surface area contributed by atoms with Crippen LogP contribution in [0.25, 0.3) is 0 Å². The van der Waals surface area contributed by atoms with E-state index in [1.807, 2.05) is 17.7 Å². The monoisotopic (exact) mass is 184 g/mol. The Balaban J connectivity index is 3.28. The molecule has 1 aromatic heterocycles. The van der Waals surface area contributed by atoms with Crippen LogP contribution >= 0.6 is 9.24 Å². The first-order chi connectivity index (χ1) is 5.34. The SMILES string of the molecule is Cn1c(N)cc(C(C)(C)C)c1P. The Morgan fingerprint density at radius 3 is 2.08 bits per heavy atom. The maximum Gasteiger partial charge on any atom is 0.103 e. The van der Waals surface area contributed by atoms with Crippen LogP contribution in [0.4, 0.5) is 5.82 Å². The van der Waals surface area contributed by atoms with Gasteiger partial charge in [-0.05, 0) is 17.0 Å². The molecule has 0 aromatic carbocycles. The molecule has 1 rings (SSSR count). The minimum absolute atomic E-state index is 0.173. The van der Waals surface area contributed by atoms with Gasteiger partial charge in [-0.1, -0.05) is 30.0 Å². The van der Waals surface area contributed by atoms with Gasteiger partial charge in [0.25, 0.3) is 0 Å². The zero-order chi connectivity index (χ0) is 9.52. The van der Waals surface area contributed by atoms with Crippen molar-refractivity contribution < 1.29 is 0 Å². The molecular formula is C9H17N2P. The van der Waals surface area contributed by atoms with Gasteiger partial charge in [-0.2, -0.15) is 0 Å². The molecule has 0 aliphatic rings. The van der Waals surface area contributed by atoms with Crippen LogP contribution in [0.3, 0.4) is 0 Å². The van der Waals surface area contributed by atoms with Crippen LogP contribution in [0.2, 0.25) is 0 Å². The van der Waals surface area contributed by atoms with Gasteiger partial charge in [0, 0.05) is 12.5 Å². The van der Waals surface area contributed by atoms with Gasteiger partial charge in [0.1, 0.15) is 5.82 Å². The summed E-state index contributed by atoms with van der Waals surface area (Å²) in [5.74, 6) is 0.824. The van der Waals surface area contributed by atoms with Gasteiger partial charge in [0.15, 0.2) is 0 Å². The first-order valence-corrected chi connectivity index (χ1v) is 4.63. The lowest BCUT2D eigenvalue weighted by molar-refractivity contribution is 0.594. The summed E-state index contributed by atoms with van der Waals surface area (Å²) in [6.45, 7) is 6.57. The number of hydrogen-bond acceptors (Lipinski definition) is 1. The first-order valence-electron chi connectivity index (χ1n) is 4.05. The Morgan fingerprint density at radius 2 is 1.92 bits per heavy atom. The van der Waals surface area contributed by atoms with Gasteiger partial charge in [0.2, 0.25) is 0 Å². The highest BCUT2D eigenvalue weighted by Gasteiger charge is 2.19. The molecule has 0 amide bonds. The lowest BCUT2D eigenvalue weighted by Gasteiger charge is -2.18. The van der Waals surface area contributed by atoms with Gasteiger partial charge in [-0.25, -0.2) is 0 Å². The fourth-order valence-electron chi connectivity index (χ4n) is 1.24. The van der Waals surface area contributed by atoms with Crippen LogP contribution in [0.15, 0.2) is 6.07 Å². The third kappa shape index (κ3) is 1.49. The van der Waals surface area contributed by atoms with Gasteiger partial charge >= 0.3 is 0 Å². The van der Waals surface area contributed by atoms with E-state index in [0.717, 1.165) is 5.82 Å². The van der Waals surface area contributed by atoms with E-state index >= 15 is 0 Å². The zero-order valence-electron chi connectivity index (χ0n) is 8.18. The topological polar surface area (TPSA) is 30.9 Å². The molecule has 0 saturated carbocycles. The van der Waals surface area contributed by atoms with Crippen LogP contribution in [0, 0.1) is 0 Å². The van der Waals surface area contributed by atoms with Gasteiger partial charge in [0.05, 0.1) is 0 Å². The van der Waals surface area contributed by atoms with Crippen molar-refractivity contribution in [3.8, 4) is 0 Å². The predicted octanol–water partition coefficient (Wildman–Crippen LogP) is 1.41. The predicted molar refractivity (Wildman–Crippen MR) is 57.9 cm³/mol. The summed E-state index contributed by atoms with van der Waals surface area (Å²) in [4.78, 5) is 0. The number of nitrogens with zero attached hydrogens (tertiary/aromatic N) is 1. The van der Waals surface area contributed by atoms with Crippen molar-refractivity contribution in [3.05, 3.63) is 11.6 Å². The number of aromatic nitrogens is 1. The average Bonchev–Trinajstić information content (AvgIpc) is 2.15. The Morgan fingerprint density at radius 1 is 1.42 bits per heavy atom. The lowest BCUT2D eigenvalue weighted by Crippen LogP contribution is -2.20. The molecule has 3 heteroatoms. The van der Waals surface area contributed by atoms with E-state index < -0.39 is 0 Å². The second-order valence-corrected chi connectivity index (χ2v) is 4.72. The summed E-state index contributed by atoms with van der Waals surface area (Å²) in [5, 5.41) is 0. The van der Waals surface area contributed by atoms with Crippen molar-refractivity contribution in [3.63, 3.8) is 0 Å². The molecule has 0 radical (unpaired) electrons. The van der Waals surface area contributed by atoms with Crippen LogP contribution in [-0.4, -0.2) is 4.57 Å². The second-order valence-electron chi connectivity index (χ2n) is 4.18. The summed E-state index contributed by atoms with van der Waals surface area (Å²) >= 11 is 0. The van der Waals surface area contributed by atoms with Crippen molar-refractivity contribution in [1.29, 1.82) is 0 Å². The van der Waals surface area contributed by atoms with Crippen molar-refractivity contribution in [2.75, 3.05) is 5.73 Å². The summed E-state index contributed by atoms with van der Waals surface area (Å²) < 4.78 is 1.99. The standard InChI is InChI=1S/C9H17N2P/c1-9(2,3)6-5-7(10)11(4)8(6)12/h5H,10,12H2,1-4H3. The van der Waals surface area contributed by atoms with Crippen LogP contribution in [0.5, 0.6) is 0 Å². The number of rotatable bonds is 0. The smallest absolute Gasteiger partial charge is 0.103 e. The van der Waals surface area contributed by atoms with E-state index in [-0.39, 0.29) is 5.41 Å². The molecule has 0 spiro atoms. The number of nitrogens with two attached hydrogens (primary N) is 1. The highest BCUT2D eigenvalue weighted by atomic mass is 31.0. The molecule has 1 heterocycles. The maximum absolute atomic E-state index is 5.79. The second kappa shape index (κ2) is 2.77. The molecule has 2 nitrogen and oxygen atoms in total. The number of nitrogen functional groups attached to an aromatic ring is 1. The Kier molecular flexibility index (Phi) is 2.22. The first kappa shape index (κ1) is 9.60. The largest absolute Gasteiger partial charge is 0.385 e. The highest BCUT2D eigenvalue weighted by Crippen LogP contribution is 2.24. The van der Waals surface area contributed by atoms with Crippen molar-refractivity contribution >= 4 is 20.5 Å². The van der Waals surface area contributed by atoms with Gasteiger partial charge < -0.3 is 10.3 Å².